The summed E-state index contributed by atoms with van der Waals surface area (Å²) in [6, 6.07) is 14.6. The van der Waals surface area contributed by atoms with Gasteiger partial charge >= 0.3 is 0 Å². The van der Waals surface area contributed by atoms with E-state index < -0.39 is 0 Å². The number of thiophene rings is 2. The Morgan fingerprint density at radius 1 is 0.421 bits per heavy atom. The molecule has 0 saturated heterocycles. The molecule has 38 heavy (non-hydrogen) atoms. The minimum atomic E-state index is 1.24. The van der Waals surface area contributed by atoms with Crippen molar-refractivity contribution in [1.29, 1.82) is 0 Å². The second-order valence-corrected chi connectivity index (χ2v) is 13.8. The molecule has 0 spiro atoms. The first-order chi connectivity index (χ1) is 18.8. The minimum absolute atomic E-state index is 1.24. The van der Waals surface area contributed by atoms with E-state index in [-0.39, 0.29) is 0 Å². The lowest BCUT2D eigenvalue weighted by Gasteiger charge is -2.04. The summed E-state index contributed by atoms with van der Waals surface area (Å²) >= 11 is 4.04. The number of unbranched alkanes of at least 4 members (excludes halogenated alkanes) is 16. The van der Waals surface area contributed by atoms with Gasteiger partial charge in [0.1, 0.15) is 0 Å². The van der Waals surface area contributed by atoms with Crippen LogP contribution in [0.15, 0.2) is 36.4 Å². The van der Waals surface area contributed by atoms with Crippen molar-refractivity contribution >= 4 is 52.2 Å². The van der Waals surface area contributed by atoms with Gasteiger partial charge in [-0.3, -0.25) is 0 Å². The second kappa shape index (κ2) is 16.7. The summed E-state index contributed by atoms with van der Waals surface area (Å²) < 4.78 is 5.99. The zero-order chi connectivity index (χ0) is 26.4. The molecule has 0 atom stereocenters. The summed E-state index contributed by atoms with van der Waals surface area (Å²) in [5.74, 6) is 0. The third-order valence-corrected chi connectivity index (χ3v) is 10.9. The number of aryl methyl sites for hydroxylation is 2. The molecule has 0 aliphatic heterocycles. The van der Waals surface area contributed by atoms with Crippen LogP contribution >= 0.6 is 22.7 Å². The third-order valence-electron chi connectivity index (χ3n) is 8.35. The van der Waals surface area contributed by atoms with Crippen LogP contribution in [0.4, 0.5) is 0 Å². The van der Waals surface area contributed by atoms with Gasteiger partial charge in [-0.25, -0.2) is 0 Å². The van der Waals surface area contributed by atoms with E-state index in [4.69, 9.17) is 0 Å². The van der Waals surface area contributed by atoms with Gasteiger partial charge < -0.3 is 0 Å². The lowest BCUT2D eigenvalue weighted by molar-refractivity contribution is 0.565. The zero-order valence-corrected chi connectivity index (χ0v) is 26.1. The quantitative estimate of drug-likeness (QED) is 0.0963. The average Bonchev–Trinajstić information content (AvgIpc) is 3.46. The molecule has 2 aromatic carbocycles. The summed E-state index contributed by atoms with van der Waals surface area (Å²) in [6.45, 7) is 4.60. The van der Waals surface area contributed by atoms with Gasteiger partial charge in [0.25, 0.3) is 0 Å². The Labute approximate surface area is 241 Å². The molecule has 2 heteroatoms. The molecule has 4 aromatic rings. The molecule has 2 heterocycles. The molecule has 0 radical (unpaired) electrons. The molecule has 0 aliphatic rings. The van der Waals surface area contributed by atoms with Crippen LogP contribution in [-0.2, 0) is 12.8 Å². The molecule has 4 rings (SSSR count). The Bertz CT molecular complexity index is 1110. The van der Waals surface area contributed by atoms with E-state index in [0.29, 0.717) is 0 Å². The van der Waals surface area contributed by atoms with Crippen molar-refractivity contribution in [2.45, 2.75) is 142 Å². The van der Waals surface area contributed by atoms with E-state index >= 15 is 0 Å². The number of hydrogen-bond donors (Lipinski definition) is 0. The fourth-order valence-electron chi connectivity index (χ4n) is 5.94. The maximum atomic E-state index is 2.49. The van der Waals surface area contributed by atoms with Crippen LogP contribution in [0.2, 0.25) is 0 Å². The molecule has 2 aromatic heterocycles. The lowest BCUT2D eigenvalue weighted by atomic mass is 10.0. The summed E-state index contributed by atoms with van der Waals surface area (Å²) in [5.41, 5.74) is 3.06. The SMILES string of the molecule is CCCCCCCCCCCc1ccc2c(c1)sc1c3ccc(CCCCCCCCCCC)cc3sc21. The maximum Gasteiger partial charge on any atom is 0.0542 e. The van der Waals surface area contributed by atoms with Crippen LogP contribution < -0.4 is 0 Å². The highest BCUT2D eigenvalue weighted by molar-refractivity contribution is 7.36. The van der Waals surface area contributed by atoms with Crippen LogP contribution in [0.25, 0.3) is 29.6 Å². The van der Waals surface area contributed by atoms with Gasteiger partial charge in [-0.2, -0.15) is 0 Å². The smallest absolute Gasteiger partial charge is 0.0542 e. The Morgan fingerprint density at radius 2 is 0.763 bits per heavy atom. The van der Waals surface area contributed by atoms with Crippen LogP contribution in [-0.4, -0.2) is 0 Å². The fraction of sp³-hybridized carbons (Fsp3) is 0.611. The molecular weight excluding hydrogens is 497 g/mol. The summed E-state index contributed by atoms with van der Waals surface area (Å²) in [4.78, 5) is 0. The van der Waals surface area contributed by atoms with Crippen LogP contribution in [0, 0.1) is 0 Å². The van der Waals surface area contributed by atoms with Crippen LogP contribution in [0.1, 0.15) is 141 Å². The van der Waals surface area contributed by atoms with Gasteiger partial charge in [0.05, 0.1) is 9.40 Å². The van der Waals surface area contributed by atoms with E-state index in [9.17, 15) is 0 Å². The Kier molecular flexibility index (Phi) is 13.0. The lowest BCUT2D eigenvalue weighted by Crippen LogP contribution is -1.86. The topological polar surface area (TPSA) is 0 Å². The molecule has 0 aliphatic carbocycles. The molecule has 0 bridgehead atoms. The number of hydrogen-bond acceptors (Lipinski definition) is 2. The van der Waals surface area contributed by atoms with Gasteiger partial charge in [0.2, 0.25) is 0 Å². The van der Waals surface area contributed by atoms with Crippen molar-refractivity contribution in [2.24, 2.45) is 0 Å². The third kappa shape index (κ3) is 8.82. The highest BCUT2D eigenvalue weighted by Gasteiger charge is 2.13. The summed E-state index contributed by atoms with van der Waals surface area (Å²) in [6.07, 6.45) is 27.8. The average molecular weight is 549 g/mol. The fourth-order valence-corrected chi connectivity index (χ4v) is 8.72. The normalized spacial score (nSPS) is 11.9. The van der Waals surface area contributed by atoms with Crippen molar-refractivity contribution in [1.82, 2.24) is 0 Å². The Hall–Kier alpha value is -1.38. The molecule has 0 N–H and O–H groups in total. The van der Waals surface area contributed by atoms with Gasteiger partial charge in [-0.05, 0) is 48.9 Å². The number of benzene rings is 2. The van der Waals surface area contributed by atoms with Gasteiger partial charge in [0.15, 0.2) is 0 Å². The summed E-state index contributed by atoms with van der Waals surface area (Å²) in [5, 5.41) is 2.95. The van der Waals surface area contributed by atoms with Crippen molar-refractivity contribution in [3.63, 3.8) is 0 Å². The van der Waals surface area contributed by atoms with Crippen LogP contribution in [0.5, 0.6) is 0 Å². The first-order valence-corrected chi connectivity index (χ1v) is 17.8. The highest BCUT2D eigenvalue weighted by atomic mass is 32.1. The standard InChI is InChI=1S/C36H52S2/c1-3-5-7-9-11-13-15-17-19-21-29-23-25-31-33(27-29)37-36-32-26-24-30(28-34(32)38-35(31)36)22-20-18-16-14-12-10-8-6-4-2/h23-28H,3-22H2,1-2H3. The van der Waals surface area contributed by atoms with E-state index in [0.717, 1.165) is 0 Å². The molecule has 0 saturated carbocycles. The second-order valence-electron chi connectivity index (χ2n) is 11.7. The van der Waals surface area contributed by atoms with Crippen molar-refractivity contribution in [3.8, 4) is 0 Å². The maximum absolute atomic E-state index is 2.49. The zero-order valence-electron chi connectivity index (χ0n) is 24.4. The number of fused-ring (bicyclic) bond motifs is 5. The Morgan fingerprint density at radius 3 is 1.13 bits per heavy atom. The monoisotopic (exact) mass is 548 g/mol. The molecular formula is C36H52S2. The molecule has 0 unspecified atom stereocenters. The molecule has 0 amide bonds. The Balaban J connectivity index is 1.24. The molecule has 0 nitrogen and oxygen atoms in total. The predicted octanol–water partition coefficient (Wildman–Crippen LogP) is 13.4. The largest absolute Gasteiger partial charge is 0.134 e. The number of rotatable bonds is 20. The summed E-state index contributed by atoms with van der Waals surface area (Å²) in [7, 11) is 0. The first kappa shape index (κ1) is 29.6. The van der Waals surface area contributed by atoms with Gasteiger partial charge in [-0.15, -0.1) is 22.7 Å². The highest BCUT2D eigenvalue weighted by Crippen LogP contribution is 2.44. The van der Waals surface area contributed by atoms with E-state index in [1.165, 1.54) is 169 Å². The van der Waals surface area contributed by atoms with E-state index in [2.05, 4.69) is 50.2 Å². The molecule has 208 valence electrons. The van der Waals surface area contributed by atoms with Gasteiger partial charge in [0, 0.05) is 20.2 Å². The van der Waals surface area contributed by atoms with Crippen molar-refractivity contribution in [3.05, 3.63) is 47.5 Å². The van der Waals surface area contributed by atoms with Gasteiger partial charge in [-0.1, -0.05) is 141 Å². The van der Waals surface area contributed by atoms with Crippen molar-refractivity contribution in [2.75, 3.05) is 0 Å². The van der Waals surface area contributed by atoms with E-state index in [1.54, 1.807) is 0 Å². The minimum Gasteiger partial charge on any atom is -0.134 e. The predicted molar refractivity (Wildman–Crippen MR) is 177 cm³/mol. The first-order valence-electron chi connectivity index (χ1n) is 16.2. The molecule has 0 fully saturated rings. The van der Waals surface area contributed by atoms with Crippen molar-refractivity contribution < 1.29 is 0 Å². The van der Waals surface area contributed by atoms with E-state index in [1.807, 2.05) is 22.7 Å². The van der Waals surface area contributed by atoms with Crippen LogP contribution in [0.3, 0.4) is 0 Å².